The average Bonchev–Trinajstić information content (AvgIpc) is 3.45. The topological polar surface area (TPSA) is 270 Å². The lowest BCUT2D eigenvalue weighted by Gasteiger charge is -2.27. The normalized spacial score (nSPS) is 35.5. The van der Waals surface area contributed by atoms with Crippen molar-refractivity contribution in [3.63, 3.8) is 0 Å². The van der Waals surface area contributed by atoms with Gasteiger partial charge in [-0.25, -0.2) is 23.7 Å². The second-order valence-electron chi connectivity index (χ2n) is 9.73. The Hall–Kier alpha value is -3.34. The molecule has 1 saturated carbocycles. The number of aliphatic hydroxyl groups excluding tert-OH is 1. The summed E-state index contributed by atoms with van der Waals surface area (Å²) in [5.74, 6) is -0.264. The van der Waals surface area contributed by atoms with Crippen LogP contribution >= 0.6 is 6.72 Å². The summed E-state index contributed by atoms with van der Waals surface area (Å²) >= 11 is 5.07. The number of hydrogen-bond donors (Lipinski definition) is 6. The third-order valence-electron chi connectivity index (χ3n) is 7.26. The minimum absolute atomic E-state index is 0.00129. The summed E-state index contributed by atoms with van der Waals surface area (Å²) in [6, 6.07) is 0. The summed E-state index contributed by atoms with van der Waals surface area (Å²) in [4.78, 5) is 41.0. The first-order valence-electron chi connectivity index (χ1n) is 12.1. The third-order valence-corrected chi connectivity index (χ3v) is 8.78. The van der Waals surface area contributed by atoms with Crippen LogP contribution in [0.15, 0.2) is 17.4 Å². The number of aromatic nitrogens is 9. The van der Waals surface area contributed by atoms with Crippen LogP contribution < -0.4 is 17.0 Å². The maximum atomic E-state index is 15.5. The zero-order chi connectivity index (χ0) is 29.7. The molecule has 0 bridgehead atoms. The lowest BCUT2D eigenvalue weighted by atomic mass is 10.1. The van der Waals surface area contributed by atoms with Crippen molar-refractivity contribution < 1.29 is 42.4 Å². The SMILES string of the molecule is Nc1nc2c(ncn2[C@@H]2O[C@H](CO)[C@@H](F)[C@H]2OP(O)(=S)OC2[C@H]3O[C@@H](n4nnc5c(N)ncnc54)[C@@H](F)[C@@]23O)c(=O)[nH]1. The van der Waals surface area contributed by atoms with Crippen LogP contribution in [0.5, 0.6) is 0 Å². The van der Waals surface area contributed by atoms with Crippen molar-refractivity contribution >= 4 is 52.6 Å². The van der Waals surface area contributed by atoms with Gasteiger partial charge in [0, 0.05) is 0 Å². The van der Waals surface area contributed by atoms with Gasteiger partial charge < -0.3 is 36.0 Å². The van der Waals surface area contributed by atoms with Crippen molar-refractivity contribution in [1.82, 2.24) is 44.5 Å². The van der Waals surface area contributed by atoms with Crippen molar-refractivity contribution in [2.75, 3.05) is 18.1 Å². The maximum Gasteiger partial charge on any atom is 0.325 e. The number of H-pyrrole nitrogens is 1. The number of anilines is 2. The first-order valence-corrected chi connectivity index (χ1v) is 14.7. The van der Waals surface area contributed by atoms with Crippen LogP contribution in [0.25, 0.3) is 22.3 Å². The zero-order valence-electron chi connectivity index (χ0n) is 20.7. The van der Waals surface area contributed by atoms with E-state index in [-0.39, 0.29) is 34.1 Å². The molecule has 6 heterocycles. The number of halogens is 2. The van der Waals surface area contributed by atoms with E-state index in [0.717, 1.165) is 21.9 Å². The van der Waals surface area contributed by atoms with Gasteiger partial charge in [0.05, 0.1) is 12.9 Å². The first kappa shape index (κ1) is 27.5. The molecule has 2 aliphatic heterocycles. The molecule has 0 radical (unpaired) electrons. The summed E-state index contributed by atoms with van der Waals surface area (Å²) in [6.45, 7) is -5.26. The quantitative estimate of drug-likeness (QED) is 0.117. The number of rotatable bonds is 7. The number of imidazole rings is 1. The fraction of sp³-hybridized carbons (Fsp3) is 0.526. The molecule has 10 atom stereocenters. The second kappa shape index (κ2) is 9.33. The van der Waals surface area contributed by atoms with Gasteiger partial charge in [0.2, 0.25) is 5.95 Å². The number of aliphatic hydroxyl groups is 2. The van der Waals surface area contributed by atoms with Gasteiger partial charge in [-0.2, -0.15) is 9.67 Å². The summed E-state index contributed by atoms with van der Waals surface area (Å²) in [5.41, 5.74) is 8.28. The number of nitrogens with two attached hydrogens (primary N) is 2. The molecule has 0 amide bonds. The predicted octanol–water partition coefficient (Wildman–Crippen LogP) is -2.29. The summed E-state index contributed by atoms with van der Waals surface area (Å²) in [7, 11) is 0. The summed E-state index contributed by atoms with van der Waals surface area (Å²) < 4.78 is 55.0. The molecule has 2 saturated heterocycles. The molecule has 224 valence electrons. The van der Waals surface area contributed by atoms with E-state index in [1.165, 1.54) is 0 Å². The van der Waals surface area contributed by atoms with Crippen LogP contribution in [0.1, 0.15) is 12.5 Å². The number of nitrogen functional groups attached to an aromatic ring is 2. The van der Waals surface area contributed by atoms with Gasteiger partial charge in [0.15, 0.2) is 58.5 Å². The standard InChI is InChI=1S/C19H20F2N11O8PS/c20-5-4(1-33)37-16(31-3-26-7-14(31)27-18(23)28-15(7)34)8(5)39-41(36,42)40-11-10-19(11,35)9(21)17(38-10)32-13-6(29-30-32)12(22)24-2-25-13/h2-5,8-11,16-17,33,35H,1H2,(H,36,42)(H2,22,24,25)(H3,23,27,28,34)/t4-,5-,8-,9-,10-,11?,16-,17-,19+,41?/m1/s1. The molecular weight excluding hydrogens is 611 g/mol. The van der Waals surface area contributed by atoms with Gasteiger partial charge in [0.25, 0.3) is 5.56 Å². The van der Waals surface area contributed by atoms with Crippen molar-refractivity contribution in [3.05, 3.63) is 23.0 Å². The van der Waals surface area contributed by atoms with E-state index in [1.807, 2.05) is 0 Å². The molecule has 4 aromatic rings. The Morgan fingerprint density at radius 1 is 1.17 bits per heavy atom. The minimum Gasteiger partial charge on any atom is -0.394 e. The lowest BCUT2D eigenvalue weighted by Crippen LogP contribution is -2.35. The van der Waals surface area contributed by atoms with Crippen molar-refractivity contribution in [2.45, 2.75) is 54.8 Å². The van der Waals surface area contributed by atoms with Crippen LogP contribution in [0, 0.1) is 0 Å². The highest BCUT2D eigenvalue weighted by molar-refractivity contribution is 8.07. The molecule has 8 N–H and O–H groups in total. The van der Waals surface area contributed by atoms with Gasteiger partial charge in [-0.3, -0.25) is 23.4 Å². The third kappa shape index (κ3) is 3.95. The van der Waals surface area contributed by atoms with Gasteiger partial charge in [-0.15, -0.1) is 5.10 Å². The Morgan fingerprint density at radius 2 is 1.95 bits per heavy atom. The molecule has 3 fully saturated rings. The zero-order valence-corrected chi connectivity index (χ0v) is 22.4. The number of nitrogens with zero attached hydrogens (tertiary/aromatic N) is 8. The lowest BCUT2D eigenvalue weighted by molar-refractivity contribution is -0.0695. The molecule has 1 aliphatic carbocycles. The van der Waals surface area contributed by atoms with Crippen LogP contribution in [-0.4, -0.2) is 109 Å². The van der Waals surface area contributed by atoms with Crippen LogP contribution in [0.4, 0.5) is 20.5 Å². The fourth-order valence-corrected chi connectivity index (χ4v) is 6.90. The second-order valence-corrected chi connectivity index (χ2v) is 12.5. The van der Waals surface area contributed by atoms with Gasteiger partial charge in [-0.1, -0.05) is 5.21 Å². The predicted molar refractivity (Wildman–Crippen MR) is 136 cm³/mol. The smallest absolute Gasteiger partial charge is 0.325 e. The van der Waals surface area contributed by atoms with E-state index in [1.54, 1.807) is 0 Å². The molecule has 3 aliphatic rings. The van der Waals surface area contributed by atoms with Crippen molar-refractivity contribution in [3.8, 4) is 0 Å². The molecule has 23 heteroatoms. The Bertz CT molecular complexity index is 1830. The van der Waals surface area contributed by atoms with Crippen LogP contribution in [0.2, 0.25) is 0 Å². The van der Waals surface area contributed by atoms with Crippen LogP contribution in [-0.2, 0) is 30.3 Å². The average molecular weight is 631 g/mol. The number of fused-ring (bicyclic) bond motifs is 3. The molecule has 2 unspecified atom stereocenters. The molecule has 0 spiro atoms. The molecular formula is C19H20F2N11O8PS. The number of nitrogens with one attached hydrogen (secondary N) is 1. The molecule has 19 nitrogen and oxygen atoms in total. The number of hydrogen-bond acceptors (Lipinski definition) is 16. The monoisotopic (exact) mass is 631 g/mol. The maximum absolute atomic E-state index is 15.5. The first-order chi connectivity index (χ1) is 19.9. The molecule has 7 rings (SSSR count). The molecule has 42 heavy (non-hydrogen) atoms. The van der Waals surface area contributed by atoms with E-state index >= 15 is 8.78 Å². The highest BCUT2D eigenvalue weighted by atomic mass is 32.5. The van der Waals surface area contributed by atoms with Crippen LogP contribution in [0.3, 0.4) is 0 Å². The number of aromatic amines is 1. The number of ether oxygens (including phenoxy) is 2. The fourth-order valence-electron chi connectivity index (χ4n) is 5.18. The van der Waals surface area contributed by atoms with E-state index in [9.17, 15) is 19.9 Å². The largest absolute Gasteiger partial charge is 0.394 e. The number of alkyl halides is 2. The van der Waals surface area contributed by atoms with E-state index in [2.05, 4.69) is 35.2 Å². The van der Waals surface area contributed by atoms with Gasteiger partial charge >= 0.3 is 6.72 Å². The van der Waals surface area contributed by atoms with Gasteiger partial charge in [0.1, 0.15) is 30.7 Å². The summed E-state index contributed by atoms with van der Waals surface area (Å²) in [6.07, 6.45) is -10.9. The van der Waals surface area contributed by atoms with Gasteiger partial charge in [-0.05, 0) is 11.8 Å². The molecule has 4 aromatic heterocycles. The Morgan fingerprint density at radius 3 is 2.67 bits per heavy atom. The Balaban J connectivity index is 1.11. The summed E-state index contributed by atoms with van der Waals surface area (Å²) in [5, 5.41) is 28.2. The van der Waals surface area contributed by atoms with E-state index in [4.69, 9.17) is 41.8 Å². The highest BCUT2D eigenvalue weighted by Gasteiger charge is 2.80. The van der Waals surface area contributed by atoms with Crippen molar-refractivity contribution in [1.29, 1.82) is 0 Å². The minimum atomic E-state index is -4.47. The van der Waals surface area contributed by atoms with E-state index in [0.29, 0.717) is 0 Å². The van der Waals surface area contributed by atoms with Crippen molar-refractivity contribution in [2.24, 2.45) is 0 Å². The Labute approximate surface area is 235 Å². The highest BCUT2D eigenvalue weighted by Crippen LogP contribution is 2.63. The molecule has 0 aromatic carbocycles. The van der Waals surface area contributed by atoms with E-state index < -0.39 is 73.7 Å². The Kier molecular flexibility index (Phi) is 6.11.